The van der Waals surface area contributed by atoms with Crippen molar-refractivity contribution in [2.45, 2.75) is 26.6 Å². The predicted octanol–water partition coefficient (Wildman–Crippen LogP) is 3.22. The monoisotopic (exact) mass is 339 g/mol. The van der Waals surface area contributed by atoms with Gasteiger partial charge in [0.05, 0.1) is 19.4 Å². The minimum Gasteiger partial charge on any atom is -0.468 e. The summed E-state index contributed by atoms with van der Waals surface area (Å²) in [7, 11) is 0. The first-order chi connectivity index (χ1) is 12.2. The molecule has 3 rings (SSSR count). The molecule has 2 heterocycles. The third-order valence-corrected chi connectivity index (χ3v) is 3.69. The molecule has 2 aromatic heterocycles. The number of carbonyl (C=O) groups is 1. The van der Waals surface area contributed by atoms with Crippen LogP contribution >= 0.6 is 0 Å². The van der Waals surface area contributed by atoms with Crippen LogP contribution in [0.3, 0.4) is 0 Å². The number of hydrogen-bond donors (Lipinski definition) is 1. The lowest BCUT2D eigenvalue weighted by molar-refractivity contribution is 0.0950. The van der Waals surface area contributed by atoms with Crippen molar-refractivity contribution < 1.29 is 13.6 Å². The van der Waals surface area contributed by atoms with E-state index in [1.165, 1.54) is 11.8 Å². The molecule has 3 aromatic rings. The molecule has 0 aliphatic heterocycles. The largest absolute Gasteiger partial charge is 0.468 e. The molecule has 0 atom stereocenters. The first-order valence-electron chi connectivity index (χ1n) is 8.26. The molecular weight excluding hydrogens is 318 g/mol. The molecule has 0 saturated heterocycles. The van der Waals surface area contributed by atoms with Gasteiger partial charge in [-0.2, -0.15) is 0 Å². The Labute approximate surface area is 146 Å². The molecule has 6 nitrogen and oxygen atoms in total. The SMILES string of the molecule is CCNC(=O)c1coc(CN(Cc2ccccc2)Cc2ccco2)n1. The summed E-state index contributed by atoms with van der Waals surface area (Å²) in [6, 6.07) is 14.0. The number of rotatable bonds is 8. The maximum atomic E-state index is 11.8. The molecule has 0 unspecified atom stereocenters. The number of furan rings is 1. The molecule has 0 aliphatic carbocycles. The smallest absolute Gasteiger partial charge is 0.273 e. The lowest BCUT2D eigenvalue weighted by Gasteiger charge is -2.19. The van der Waals surface area contributed by atoms with Gasteiger partial charge in [0.2, 0.25) is 5.89 Å². The van der Waals surface area contributed by atoms with E-state index in [-0.39, 0.29) is 5.91 Å². The van der Waals surface area contributed by atoms with E-state index in [1.807, 2.05) is 37.3 Å². The molecule has 0 spiro atoms. The van der Waals surface area contributed by atoms with Crippen LogP contribution in [-0.2, 0) is 19.6 Å². The Morgan fingerprint density at radius 1 is 1.08 bits per heavy atom. The molecule has 130 valence electrons. The van der Waals surface area contributed by atoms with Crippen LogP contribution in [0, 0.1) is 0 Å². The number of nitrogens with one attached hydrogen (secondary N) is 1. The summed E-state index contributed by atoms with van der Waals surface area (Å²) < 4.78 is 10.9. The maximum absolute atomic E-state index is 11.8. The van der Waals surface area contributed by atoms with Crippen molar-refractivity contribution in [2.24, 2.45) is 0 Å². The number of aromatic nitrogens is 1. The van der Waals surface area contributed by atoms with E-state index in [0.29, 0.717) is 31.2 Å². The first-order valence-corrected chi connectivity index (χ1v) is 8.26. The average Bonchev–Trinajstić information content (AvgIpc) is 3.28. The minimum absolute atomic E-state index is 0.224. The van der Waals surface area contributed by atoms with Crippen LogP contribution in [0.1, 0.15) is 34.6 Å². The number of benzene rings is 1. The molecule has 0 radical (unpaired) electrons. The molecule has 6 heteroatoms. The number of carbonyl (C=O) groups excluding carboxylic acids is 1. The lowest BCUT2D eigenvalue weighted by atomic mass is 10.2. The Kier molecular flexibility index (Phi) is 5.64. The number of hydrogen-bond acceptors (Lipinski definition) is 5. The van der Waals surface area contributed by atoms with Gasteiger partial charge >= 0.3 is 0 Å². The van der Waals surface area contributed by atoms with Crippen LogP contribution in [-0.4, -0.2) is 22.3 Å². The zero-order chi connectivity index (χ0) is 17.5. The van der Waals surface area contributed by atoms with Gasteiger partial charge in [-0.25, -0.2) is 4.98 Å². The fraction of sp³-hybridized carbons (Fsp3) is 0.263. The highest BCUT2D eigenvalue weighted by Gasteiger charge is 2.16. The van der Waals surface area contributed by atoms with Gasteiger partial charge in [0.1, 0.15) is 12.0 Å². The summed E-state index contributed by atoms with van der Waals surface area (Å²) in [5, 5.41) is 2.71. The van der Waals surface area contributed by atoms with E-state index in [2.05, 4.69) is 27.3 Å². The third-order valence-electron chi connectivity index (χ3n) is 3.69. The van der Waals surface area contributed by atoms with Crippen molar-refractivity contribution in [3.63, 3.8) is 0 Å². The Balaban J connectivity index is 1.71. The summed E-state index contributed by atoms with van der Waals surface area (Å²) >= 11 is 0. The van der Waals surface area contributed by atoms with Crippen molar-refractivity contribution in [3.8, 4) is 0 Å². The molecule has 1 amide bonds. The quantitative estimate of drug-likeness (QED) is 0.682. The highest BCUT2D eigenvalue weighted by molar-refractivity contribution is 5.91. The highest BCUT2D eigenvalue weighted by atomic mass is 16.3. The molecule has 1 N–H and O–H groups in total. The molecular formula is C19H21N3O3. The molecule has 25 heavy (non-hydrogen) atoms. The van der Waals surface area contributed by atoms with Gasteiger partial charge in [0.15, 0.2) is 5.69 Å². The molecule has 1 aromatic carbocycles. The van der Waals surface area contributed by atoms with Gasteiger partial charge in [-0.1, -0.05) is 30.3 Å². The number of amides is 1. The Morgan fingerprint density at radius 3 is 2.64 bits per heavy atom. The second kappa shape index (κ2) is 8.30. The van der Waals surface area contributed by atoms with Crippen molar-refractivity contribution in [3.05, 3.63) is 77.9 Å². The minimum atomic E-state index is -0.224. The summed E-state index contributed by atoms with van der Waals surface area (Å²) in [4.78, 5) is 18.3. The highest BCUT2D eigenvalue weighted by Crippen LogP contribution is 2.14. The Morgan fingerprint density at radius 2 is 1.92 bits per heavy atom. The topological polar surface area (TPSA) is 71.5 Å². The van der Waals surface area contributed by atoms with Crippen LogP contribution < -0.4 is 5.32 Å². The number of oxazole rings is 1. The van der Waals surface area contributed by atoms with Gasteiger partial charge in [0.25, 0.3) is 5.91 Å². The molecule has 0 aliphatic rings. The summed E-state index contributed by atoms with van der Waals surface area (Å²) in [5.74, 6) is 1.15. The van der Waals surface area contributed by atoms with Crippen LogP contribution in [0.25, 0.3) is 0 Å². The predicted molar refractivity (Wildman–Crippen MR) is 92.6 cm³/mol. The van der Waals surface area contributed by atoms with Gasteiger partial charge < -0.3 is 14.2 Å². The second-order valence-electron chi connectivity index (χ2n) is 5.70. The van der Waals surface area contributed by atoms with Crippen LogP contribution in [0.15, 0.2) is 63.8 Å². The van der Waals surface area contributed by atoms with E-state index >= 15 is 0 Å². The van der Waals surface area contributed by atoms with Crippen LogP contribution in [0.4, 0.5) is 0 Å². The fourth-order valence-corrected chi connectivity index (χ4v) is 2.56. The van der Waals surface area contributed by atoms with E-state index in [0.717, 1.165) is 12.3 Å². The normalized spacial score (nSPS) is 11.0. The van der Waals surface area contributed by atoms with Crippen molar-refractivity contribution in [2.75, 3.05) is 6.54 Å². The Bertz CT molecular complexity index is 781. The first kappa shape index (κ1) is 17.0. The zero-order valence-corrected chi connectivity index (χ0v) is 14.1. The van der Waals surface area contributed by atoms with Crippen molar-refractivity contribution in [1.82, 2.24) is 15.2 Å². The lowest BCUT2D eigenvalue weighted by Crippen LogP contribution is -2.24. The van der Waals surface area contributed by atoms with Crippen molar-refractivity contribution in [1.29, 1.82) is 0 Å². The van der Waals surface area contributed by atoms with Gasteiger partial charge in [-0.3, -0.25) is 9.69 Å². The molecule has 0 fully saturated rings. The van der Waals surface area contributed by atoms with E-state index in [9.17, 15) is 4.79 Å². The maximum Gasteiger partial charge on any atom is 0.273 e. The van der Waals surface area contributed by atoms with E-state index < -0.39 is 0 Å². The van der Waals surface area contributed by atoms with Crippen LogP contribution in [0.2, 0.25) is 0 Å². The summed E-state index contributed by atoms with van der Waals surface area (Å²) in [6.07, 6.45) is 3.06. The average molecular weight is 339 g/mol. The van der Waals surface area contributed by atoms with Gasteiger partial charge in [0, 0.05) is 13.1 Å². The third kappa shape index (κ3) is 4.81. The van der Waals surface area contributed by atoms with E-state index in [1.54, 1.807) is 6.26 Å². The number of nitrogens with zero attached hydrogens (tertiary/aromatic N) is 2. The second-order valence-corrected chi connectivity index (χ2v) is 5.70. The standard InChI is InChI=1S/C19H21N3O3/c1-2-20-19(23)17-14-25-18(21-17)13-22(12-16-9-6-10-24-16)11-15-7-4-3-5-8-15/h3-10,14H,2,11-13H2,1H3,(H,20,23). The van der Waals surface area contributed by atoms with Gasteiger partial charge in [-0.15, -0.1) is 0 Å². The Hall–Kier alpha value is -2.86. The summed E-state index contributed by atoms with van der Waals surface area (Å²) in [6.45, 7) is 4.25. The zero-order valence-electron chi connectivity index (χ0n) is 14.1. The van der Waals surface area contributed by atoms with Gasteiger partial charge in [-0.05, 0) is 24.6 Å². The van der Waals surface area contributed by atoms with E-state index in [4.69, 9.17) is 8.83 Å². The molecule has 0 bridgehead atoms. The van der Waals surface area contributed by atoms with Crippen molar-refractivity contribution >= 4 is 5.91 Å². The fourth-order valence-electron chi connectivity index (χ4n) is 2.56. The molecule has 0 saturated carbocycles. The summed E-state index contributed by atoms with van der Waals surface area (Å²) in [5.41, 5.74) is 1.49. The van der Waals surface area contributed by atoms with Crippen LogP contribution in [0.5, 0.6) is 0 Å².